The van der Waals surface area contributed by atoms with E-state index in [9.17, 15) is 0 Å². The van der Waals surface area contributed by atoms with E-state index < -0.39 is 0 Å². The molecule has 1 heterocycles. The lowest BCUT2D eigenvalue weighted by Crippen LogP contribution is -2.42. The highest BCUT2D eigenvalue weighted by Crippen LogP contribution is 2.24. The number of aryl methyl sites for hydroxylation is 1. The van der Waals surface area contributed by atoms with Gasteiger partial charge in [0, 0.05) is 24.3 Å². The summed E-state index contributed by atoms with van der Waals surface area (Å²) in [7, 11) is 4.38. The highest BCUT2D eigenvalue weighted by atomic mass is 32.1. The zero-order valence-corrected chi connectivity index (χ0v) is 12.8. The molecule has 2 rings (SSSR count). The average molecular weight is 277 g/mol. The number of rotatable bonds is 3. The van der Waals surface area contributed by atoms with E-state index in [2.05, 4.69) is 43.0 Å². The van der Waals surface area contributed by atoms with Gasteiger partial charge in [-0.05, 0) is 63.7 Å². The Balaban J connectivity index is 2.13. The van der Waals surface area contributed by atoms with Gasteiger partial charge in [0.2, 0.25) is 0 Å². The van der Waals surface area contributed by atoms with Crippen LogP contribution in [0.25, 0.3) is 0 Å². The second kappa shape index (κ2) is 5.88. The van der Waals surface area contributed by atoms with Crippen LogP contribution in [-0.2, 0) is 0 Å². The number of benzene rings is 1. The molecule has 0 aromatic heterocycles. The molecule has 104 valence electrons. The van der Waals surface area contributed by atoms with Crippen molar-refractivity contribution in [1.29, 1.82) is 0 Å². The van der Waals surface area contributed by atoms with Crippen molar-refractivity contribution in [2.45, 2.75) is 25.8 Å². The maximum absolute atomic E-state index is 5.71. The van der Waals surface area contributed by atoms with E-state index in [0.29, 0.717) is 11.0 Å². The number of piperidine rings is 1. The quantitative estimate of drug-likeness (QED) is 0.858. The minimum Gasteiger partial charge on any atom is -0.389 e. The summed E-state index contributed by atoms with van der Waals surface area (Å²) < 4.78 is 0. The molecule has 0 bridgehead atoms. The van der Waals surface area contributed by atoms with Crippen LogP contribution in [0.1, 0.15) is 24.0 Å². The first-order valence-corrected chi connectivity index (χ1v) is 7.21. The van der Waals surface area contributed by atoms with Gasteiger partial charge in [0.1, 0.15) is 4.99 Å². The summed E-state index contributed by atoms with van der Waals surface area (Å²) in [5, 5.41) is 0. The lowest BCUT2D eigenvalue weighted by molar-refractivity contribution is 0.253. The van der Waals surface area contributed by atoms with Crippen molar-refractivity contribution in [2.24, 2.45) is 5.73 Å². The van der Waals surface area contributed by atoms with Crippen molar-refractivity contribution in [3.63, 3.8) is 0 Å². The largest absolute Gasteiger partial charge is 0.389 e. The molecule has 2 N–H and O–H groups in total. The van der Waals surface area contributed by atoms with E-state index in [4.69, 9.17) is 18.0 Å². The predicted molar refractivity (Wildman–Crippen MR) is 86.0 cm³/mol. The molecule has 0 spiro atoms. The molecule has 1 saturated heterocycles. The smallest absolute Gasteiger partial charge is 0.104 e. The third kappa shape index (κ3) is 3.25. The molecular weight excluding hydrogens is 254 g/mol. The highest BCUT2D eigenvalue weighted by Gasteiger charge is 2.21. The van der Waals surface area contributed by atoms with Gasteiger partial charge in [-0.3, -0.25) is 0 Å². The van der Waals surface area contributed by atoms with Crippen molar-refractivity contribution in [3.8, 4) is 0 Å². The van der Waals surface area contributed by atoms with Gasteiger partial charge >= 0.3 is 0 Å². The monoisotopic (exact) mass is 277 g/mol. The van der Waals surface area contributed by atoms with Gasteiger partial charge in [0.15, 0.2) is 0 Å². The van der Waals surface area contributed by atoms with E-state index >= 15 is 0 Å². The fourth-order valence-electron chi connectivity index (χ4n) is 2.74. The number of nitrogens with zero attached hydrogens (tertiary/aromatic N) is 2. The molecule has 4 heteroatoms. The number of nitrogens with two attached hydrogens (primary N) is 1. The Morgan fingerprint density at radius 1 is 1.37 bits per heavy atom. The maximum Gasteiger partial charge on any atom is 0.104 e. The van der Waals surface area contributed by atoms with Crippen LogP contribution >= 0.6 is 12.2 Å². The molecule has 1 aromatic carbocycles. The van der Waals surface area contributed by atoms with Crippen LogP contribution in [0, 0.1) is 6.92 Å². The first-order chi connectivity index (χ1) is 8.99. The number of thiocarbonyl (C=S) groups is 1. The molecule has 1 aliphatic heterocycles. The van der Waals surface area contributed by atoms with Crippen LogP contribution in [0.15, 0.2) is 18.2 Å². The van der Waals surface area contributed by atoms with Crippen LogP contribution in [0.4, 0.5) is 5.69 Å². The summed E-state index contributed by atoms with van der Waals surface area (Å²) >= 11 is 5.06. The summed E-state index contributed by atoms with van der Waals surface area (Å²) in [6.45, 7) is 4.43. The molecule has 0 saturated carbocycles. The Hall–Kier alpha value is -1.13. The standard InChI is InChI=1S/C15H23N3S/c1-11-10-13(4-5-14(11)15(16)19)18(3)12-6-8-17(2)9-7-12/h4-5,10,12H,6-9H2,1-3H3,(H2,16,19). The number of hydrogen-bond donors (Lipinski definition) is 1. The van der Waals surface area contributed by atoms with E-state index in [-0.39, 0.29) is 0 Å². The Bertz CT molecular complexity index is 464. The van der Waals surface area contributed by atoms with Gasteiger partial charge in [-0.2, -0.15) is 0 Å². The summed E-state index contributed by atoms with van der Waals surface area (Å²) in [5.74, 6) is 0. The summed E-state index contributed by atoms with van der Waals surface area (Å²) in [4.78, 5) is 5.26. The number of likely N-dealkylation sites (tertiary alicyclic amines) is 1. The van der Waals surface area contributed by atoms with Crippen molar-refractivity contribution < 1.29 is 0 Å². The number of anilines is 1. The lowest BCUT2D eigenvalue weighted by atomic mass is 10.0. The van der Waals surface area contributed by atoms with Gasteiger partial charge in [-0.25, -0.2) is 0 Å². The van der Waals surface area contributed by atoms with Gasteiger partial charge in [-0.15, -0.1) is 0 Å². The molecule has 1 aromatic rings. The average Bonchev–Trinajstić information content (AvgIpc) is 2.38. The molecule has 0 radical (unpaired) electrons. The lowest BCUT2D eigenvalue weighted by Gasteiger charge is -2.36. The second-order valence-electron chi connectivity index (χ2n) is 5.51. The Kier molecular flexibility index (Phi) is 4.42. The third-order valence-electron chi connectivity index (χ3n) is 4.12. The van der Waals surface area contributed by atoms with Gasteiger partial charge < -0.3 is 15.5 Å². The van der Waals surface area contributed by atoms with E-state index in [1.165, 1.54) is 31.6 Å². The molecule has 0 atom stereocenters. The molecule has 0 amide bonds. The molecule has 3 nitrogen and oxygen atoms in total. The van der Waals surface area contributed by atoms with Crippen molar-refractivity contribution in [2.75, 3.05) is 32.1 Å². The topological polar surface area (TPSA) is 32.5 Å². The van der Waals surface area contributed by atoms with Crippen molar-refractivity contribution in [1.82, 2.24) is 4.90 Å². The van der Waals surface area contributed by atoms with Crippen LogP contribution in [0.3, 0.4) is 0 Å². The van der Waals surface area contributed by atoms with Crippen LogP contribution in [0.2, 0.25) is 0 Å². The van der Waals surface area contributed by atoms with Crippen LogP contribution in [-0.4, -0.2) is 43.1 Å². The Labute approximate surface area is 121 Å². The SMILES string of the molecule is Cc1cc(N(C)C2CCN(C)CC2)ccc1C(N)=S. The molecule has 1 fully saturated rings. The summed E-state index contributed by atoms with van der Waals surface area (Å²) in [5.41, 5.74) is 9.11. The van der Waals surface area contributed by atoms with Crippen molar-refractivity contribution in [3.05, 3.63) is 29.3 Å². The van der Waals surface area contributed by atoms with Crippen molar-refractivity contribution >= 4 is 22.9 Å². The van der Waals surface area contributed by atoms with Gasteiger partial charge in [0.05, 0.1) is 0 Å². The Morgan fingerprint density at radius 3 is 2.53 bits per heavy atom. The van der Waals surface area contributed by atoms with Gasteiger partial charge in [0.25, 0.3) is 0 Å². The Morgan fingerprint density at radius 2 is 2.00 bits per heavy atom. The molecular formula is C15H23N3S. The first kappa shape index (κ1) is 14.3. The van der Waals surface area contributed by atoms with E-state index in [1.54, 1.807) is 0 Å². The third-order valence-corrected chi connectivity index (χ3v) is 4.34. The molecule has 0 aliphatic carbocycles. The number of hydrogen-bond acceptors (Lipinski definition) is 3. The fourth-order valence-corrected chi connectivity index (χ4v) is 2.97. The van der Waals surface area contributed by atoms with Crippen LogP contribution < -0.4 is 10.6 Å². The summed E-state index contributed by atoms with van der Waals surface area (Å²) in [6, 6.07) is 6.98. The molecule has 19 heavy (non-hydrogen) atoms. The highest BCUT2D eigenvalue weighted by molar-refractivity contribution is 7.80. The van der Waals surface area contributed by atoms with E-state index in [1.807, 2.05) is 6.07 Å². The minimum absolute atomic E-state index is 0.478. The second-order valence-corrected chi connectivity index (χ2v) is 5.95. The molecule has 0 unspecified atom stereocenters. The minimum atomic E-state index is 0.478. The van der Waals surface area contributed by atoms with Gasteiger partial charge in [-0.1, -0.05) is 12.2 Å². The maximum atomic E-state index is 5.71. The zero-order valence-electron chi connectivity index (χ0n) is 12.0. The first-order valence-electron chi connectivity index (χ1n) is 6.81. The van der Waals surface area contributed by atoms with E-state index in [0.717, 1.165) is 11.1 Å². The normalized spacial score (nSPS) is 17.4. The van der Waals surface area contributed by atoms with Crippen LogP contribution in [0.5, 0.6) is 0 Å². The molecule has 1 aliphatic rings. The summed E-state index contributed by atoms with van der Waals surface area (Å²) in [6.07, 6.45) is 2.45. The fraction of sp³-hybridized carbons (Fsp3) is 0.533. The zero-order chi connectivity index (χ0) is 14.0. The predicted octanol–water partition coefficient (Wildman–Crippen LogP) is 2.16.